The van der Waals surface area contributed by atoms with Crippen LogP contribution in [0.15, 0.2) is 53.1 Å². The van der Waals surface area contributed by atoms with Gasteiger partial charge in [-0.15, -0.1) is 0 Å². The molecule has 112 valence electrons. The number of carbonyl (C=O) groups is 1. The van der Waals surface area contributed by atoms with Crippen LogP contribution in [0, 0.1) is 11.3 Å². The maximum atomic E-state index is 11.2. The largest absolute Gasteiger partial charge is 0.365 e. The van der Waals surface area contributed by atoms with Crippen LogP contribution in [0.4, 0.5) is 0 Å². The van der Waals surface area contributed by atoms with Crippen LogP contribution in [0.25, 0.3) is 11.8 Å². The smallest absolute Gasteiger partial charge is 0.259 e. The van der Waals surface area contributed by atoms with Crippen molar-refractivity contribution in [2.24, 2.45) is 10.9 Å². The van der Waals surface area contributed by atoms with Crippen LogP contribution in [0.2, 0.25) is 0 Å². The van der Waals surface area contributed by atoms with Crippen molar-refractivity contribution in [1.82, 2.24) is 4.57 Å². The van der Waals surface area contributed by atoms with Gasteiger partial charge in [-0.25, -0.2) is 13.6 Å². The molecule has 2 aromatic rings. The van der Waals surface area contributed by atoms with Crippen LogP contribution >= 0.6 is 0 Å². The number of nitriles is 1. The van der Waals surface area contributed by atoms with E-state index < -0.39 is 15.9 Å². The lowest BCUT2D eigenvalue weighted by Gasteiger charge is -2.07. The van der Waals surface area contributed by atoms with E-state index in [0.717, 1.165) is 0 Å². The summed E-state index contributed by atoms with van der Waals surface area (Å²) in [4.78, 5) is 11.1. The Morgan fingerprint density at radius 2 is 1.86 bits per heavy atom. The summed E-state index contributed by atoms with van der Waals surface area (Å²) in [6.07, 6.45) is 3.06. The molecule has 22 heavy (non-hydrogen) atoms. The first-order valence-electron chi connectivity index (χ1n) is 6.05. The molecular formula is C14H12N4O3S. The monoisotopic (exact) mass is 316 g/mol. The van der Waals surface area contributed by atoms with E-state index in [1.807, 2.05) is 0 Å². The molecule has 0 unspecified atom stereocenters. The Labute approximate surface area is 127 Å². The number of hydrogen-bond donors (Lipinski definition) is 2. The van der Waals surface area contributed by atoms with Crippen LogP contribution in [0.1, 0.15) is 5.69 Å². The molecule has 1 heterocycles. The third kappa shape index (κ3) is 3.22. The van der Waals surface area contributed by atoms with Crippen molar-refractivity contribution in [3.63, 3.8) is 0 Å². The van der Waals surface area contributed by atoms with Gasteiger partial charge in [0.1, 0.15) is 11.6 Å². The van der Waals surface area contributed by atoms with Gasteiger partial charge in [-0.1, -0.05) is 0 Å². The number of carbonyl (C=O) groups excluding carboxylic acids is 1. The van der Waals surface area contributed by atoms with E-state index >= 15 is 0 Å². The highest BCUT2D eigenvalue weighted by Crippen LogP contribution is 2.17. The average Bonchev–Trinajstić information content (AvgIpc) is 2.91. The van der Waals surface area contributed by atoms with E-state index in [-0.39, 0.29) is 10.5 Å². The number of nitrogens with zero attached hydrogens (tertiary/aromatic N) is 2. The van der Waals surface area contributed by atoms with Crippen LogP contribution in [0.3, 0.4) is 0 Å². The Balaban J connectivity index is 2.46. The van der Waals surface area contributed by atoms with Gasteiger partial charge in [-0.2, -0.15) is 5.26 Å². The lowest BCUT2D eigenvalue weighted by Crippen LogP contribution is -2.13. The highest BCUT2D eigenvalue weighted by molar-refractivity contribution is 7.89. The molecule has 7 nitrogen and oxygen atoms in total. The van der Waals surface area contributed by atoms with Crippen LogP contribution in [-0.2, 0) is 14.8 Å². The number of hydrogen-bond acceptors (Lipinski definition) is 4. The first kappa shape index (κ1) is 15.5. The predicted octanol–water partition coefficient (Wildman–Crippen LogP) is 0.517. The Bertz CT molecular complexity index is 887. The Morgan fingerprint density at radius 1 is 1.23 bits per heavy atom. The van der Waals surface area contributed by atoms with Gasteiger partial charge in [-0.3, -0.25) is 4.79 Å². The zero-order valence-corrected chi connectivity index (χ0v) is 12.1. The maximum absolute atomic E-state index is 11.2. The lowest BCUT2D eigenvalue weighted by molar-refractivity contribution is -0.114. The van der Waals surface area contributed by atoms with Gasteiger partial charge in [0.2, 0.25) is 10.0 Å². The minimum Gasteiger partial charge on any atom is -0.365 e. The van der Waals surface area contributed by atoms with E-state index in [4.69, 9.17) is 16.1 Å². The number of aromatic nitrogens is 1. The van der Waals surface area contributed by atoms with Gasteiger partial charge in [0.25, 0.3) is 5.91 Å². The average molecular weight is 316 g/mol. The molecule has 0 radical (unpaired) electrons. The topological polar surface area (TPSA) is 132 Å². The third-order valence-corrected chi connectivity index (χ3v) is 3.83. The molecule has 0 aliphatic heterocycles. The fourth-order valence-electron chi connectivity index (χ4n) is 1.85. The number of nitrogens with two attached hydrogens (primary N) is 2. The first-order chi connectivity index (χ1) is 10.3. The first-order valence-corrected chi connectivity index (χ1v) is 7.60. The second-order valence-corrected chi connectivity index (χ2v) is 5.94. The van der Waals surface area contributed by atoms with Gasteiger partial charge >= 0.3 is 0 Å². The zero-order chi connectivity index (χ0) is 16.3. The van der Waals surface area contributed by atoms with Crippen molar-refractivity contribution in [2.45, 2.75) is 4.90 Å². The highest BCUT2D eigenvalue weighted by Gasteiger charge is 2.09. The molecule has 8 heteroatoms. The number of primary amides is 1. The Morgan fingerprint density at radius 3 is 2.36 bits per heavy atom. The molecule has 4 N–H and O–H groups in total. The van der Waals surface area contributed by atoms with Gasteiger partial charge in [0.05, 0.1) is 4.90 Å². The van der Waals surface area contributed by atoms with Crippen molar-refractivity contribution < 1.29 is 13.2 Å². The van der Waals surface area contributed by atoms with Crippen LogP contribution in [-0.4, -0.2) is 18.9 Å². The highest BCUT2D eigenvalue weighted by atomic mass is 32.2. The van der Waals surface area contributed by atoms with Crippen molar-refractivity contribution in [1.29, 1.82) is 5.26 Å². The second-order valence-electron chi connectivity index (χ2n) is 4.38. The SMILES string of the molecule is N#C/C(=C\c1cccn1-c1ccc(S(N)(=O)=O)cc1)C(N)=O. The summed E-state index contributed by atoms with van der Waals surface area (Å²) in [6, 6.07) is 11.0. The van der Waals surface area contributed by atoms with Crippen molar-refractivity contribution in [3.8, 4) is 11.8 Å². The molecular weight excluding hydrogens is 304 g/mol. The van der Waals surface area contributed by atoms with Crippen molar-refractivity contribution in [3.05, 3.63) is 53.9 Å². The number of rotatable bonds is 4. The van der Waals surface area contributed by atoms with E-state index in [1.54, 1.807) is 41.1 Å². The molecule has 0 aliphatic rings. The zero-order valence-electron chi connectivity index (χ0n) is 11.3. The van der Waals surface area contributed by atoms with E-state index in [2.05, 4.69) is 0 Å². The molecule has 0 fully saturated rings. The number of primary sulfonamides is 1. The molecule has 1 aromatic carbocycles. The molecule has 0 saturated carbocycles. The summed E-state index contributed by atoms with van der Waals surface area (Å²) in [5.74, 6) is -0.820. The van der Waals surface area contributed by atoms with E-state index in [9.17, 15) is 13.2 Å². The fourth-order valence-corrected chi connectivity index (χ4v) is 2.37. The number of sulfonamides is 1. The summed E-state index contributed by atoms with van der Waals surface area (Å²) in [5, 5.41) is 13.9. The summed E-state index contributed by atoms with van der Waals surface area (Å²) in [7, 11) is -3.76. The molecule has 1 amide bonds. The molecule has 0 saturated heterocycles. The second kappa shape index (κ2) is 5.85. The fraction of sp³-hybridized carbons (Fsp3) is 0. The van der Waals surface area contributed by atoms with Gasteiger partial charge < -0.3 is 10.3 Å². The van der Waals surface area contributed by atoms with Gasteiger partial charge in [0.15, 0.2) is 0 Å². The van der Waals surface area contributed by atoms with E-state index in [0.29, 0.717) is 11.4 Å². The van der Waals surface area contributed by atoms with Crippen molar-refractivity contribution in [2.75, 3.05) is 0 Å². The summed E-state index contributed by atoms with van der Waals surface area (Å²) < 4.78 is 24.1. The van der Waals surface area contributed by atoms with E-state index in [1.165, 1.54) is 18.2 Å². The third-order valence-electron chi connectivity index (χ3n) is 2.90. The van der Waals surface area contributed by atoms with Crippen LogP contribution in [0.5, 0.6) is 0 Å². The normalized spacial score (nSPS) is 11.9. The molecule has 0 atom stereocenters. The van der Waals surface area contributed by atoms with Gasteiger partial charge in [0, 0.05) is 17.6 Å². The molecule has 0 aliphatic carbocycles. The minimum absolute atomic E-state index is 0.00431. The molecule has 0 bridgehead atoms. The van der Waals surface area contributed by atoms with Gasteiger partial charge in [-0.05, 0) is 42.5 Å². The summed E-state index contributed by atoms with van der Waals surface area (Å²) in [6.45, 7) is 0. The predicted molar refractivity (Wildman–Crippen MR) is 79.9 cm³/mol. The number of amides is 1. The standard InChI is InChI=1S/C14H12N4O3S/c15-9-10(14(16)19)8-12-2-1-7-18(12)11-3-5-13(6-4-11)22(17,20)21/h1-8H,(H2,16,19)(H2,17,20,21)/b10-8+. The Hall–Kier alpha value is -2.89. The maximum Gasteiger partial charge on any atom is 0.259 e. The quantitative estimate of drug-likeness (QED) is 0.628. The molecule has 0 spiro atoms. The summed E-state index contributed by atoms with van der Waals surface area (Å²) >= 11 is 0. The molecule has 2 rings (SSSR count). The van der Waals surface area contributed by atoms with Crippen molar-refractivity contribution >= 4 is 22.0 Å². The number of benzene rings is 1. The lowest BCUT2D eigenvalue weighted by atomic mass is 10.2. The Kier molecular flexibility index (Phi) is 4.12. The summed E-state index contributed by atoms with van der Waals surface area (Å²) in [5.41, 5.74) is 6.12. The van der Waals surface area contributed by atoms with Crippen LogP contribution < -0.4 is 10.9 Å². The molecule has 1 aromatic heterocycles. The minimum atomic E-state index is -3.76.